The summed E-state index contributed by atoms with van der Waals surface area (Å²) in [5.74, 6) is 0. The first-order valence-corrected chi connectivity index (χ1v) is 8.68. The van der Waals surface area contributed by atoms with E-state index in [0.29, 0.717) is 11.4 Å². The molecule has 6 N–H and O–H groups in total. The van der Waals surface area contributed by atoms with Gasteiger partial charge in [-0.15, -0.1) is 0 Å². The molecule has 3 aromatic carbocycles. The maximum absolute atomic E-state index is 10.6. The predicted octanol–water partition coefficient (Wildman–Crippen LogP) is 2.75. The van der Waals surface area contributed by atoms with Crippen LogP contribution >= 0.6 is 0 Å². The van der Waals surface area contributed by atoms with Crippen molar-refractivity contribution in [1.29, 1.82) is 0 Å². The number of anilines is 2. The van der Waals surface area contributed by atoms with E-state index in [9.17, 15) is 20.2 Å². The van der Waals surface area contributed by atoms with Gasteiger partial charge in [-0.25, -0.2) is 0 Å². The summed E-state index contributed by atoms with van der Waals surface area (Å²) in [4.78, 5) is 20.3. The van der Waals surface area contributed by atoms with Crippen molar-refractivity contribution in [3.05, 3.63) is 104 Å². The lowest BCUT2D eigenvalue weighted by Crippen LogP contribution is -1.93. The number of nitro groups is 2. The molecular formula is C20H20N6O6. The Bertz CT molecular complexity index is 995. The van der Waals surface area contributed by atoms with Crippen LogP contribution in [0.4, 0.5) is 22.7 Å². The molecule has 0 bridgehead atoms. The third-order valence-corrected chi connectivity index (χ3v) is 3.91. The Morgan fingerprint density at radius 3 is 1.19 bits per heavy atom. The number of hydrazone groups is 2. The van der Waals surface area contributed by atoms with Gasteiger partial charge in [0.25, 0.3) is 11.4 Å². The van der Waals surface area contributed by atoms with Crippen LogP contribution in [0.2, 0.25) is 0 Å². The van der Waals surface area contributed by atoms with E-state index in [1.807, 2.05) is 24.3 Å². The minimum absolute atomic E-state index is 0. The smallest absolute Gasteiger partial charge is 0.269 e. The summed E-state index contributed by atoms with van der Waals surface area (Å²) in [6.45, 7) is 0. The first-order valence-electron chi connectivity index (χ1n) is 8.68. The maximum atomic E-state index is 10.6. The Morgan fingerprint density at radius 1 is 0.594 bits per heavy atom. The monoisotopic (exact) mass is 440 g/mol. The Kier molecular flexibility index (Phi) is 9.60. The second-order valence-electron chi connectivity index (χ2n) is 6.01. The molecule has 0 fully saturated rings. The standard InChI is InChI=1S/C20H16N6O4.2H2O/c27-25(28)19-9-5-17(6-10-19)23-21-13-15-1-2-16(4-3-15)14-22-24-18-7-11-20(12-8-18)26(29)30;;/h1-14,23-24H;2*1H2/b21-13+,22-14+;;. The Hall–Kier alpha value is -4.68. The van der Waals surface area contributed by atoms with Crippen LogP contribution in [-0.4, -0.2) is 33.2 Å². The van der Waals surface area contributed by atoms with Crippen molar-refractivity contribution in [1.82, 2.24) is 0 Å². The molecule has 0 aliphatic heterocycles. The average Bonchev–Trinajstić information content (AvgIpc) is 2.75. The molecule has 0 aromatic heterocycles. The molecule has 32 heavy (non-hydrogen) atoms. The second-order valence-corrected chi connectivity index (χ2v) is 6.01. The summed E-state index contributed by atoms with van der Waals surface area (Å²) < 4.78 is 0. The zero-order valence-corrected chi connectivity index (χ0v) is 16.5. The Labute approximate surface area is 181 Å². The molecule has 0 heterocycles. The first kappa shape index (κ1) is 25.4. The fraction of sp³-hybridized carbons (Fsp3) is 0. The van der Waals surface area contributed by atoms with Gasteiger partial charge in [0.1, 0.15) is 0 Å². The van der Waals surface area contributed by atoms with E-state index in [1.54, 1.807) is 36.7 Å². The van der Waals surface area contributed by atoms with Crippen LogP contribution in [0.15, 0.2) is 83.0 Å². The third-order valence-electron chi connectivity index (χ3n) is 3.91. The average molecular weight is 440 g/mol. The lowest BCUT2D eigenvalue weighted by molar-refractivity contribution is -0.385. The van der Waals surface area contributed by atoms with Crippen LogP contribution in [0.1, 0.15) is 11.1 Å². The van der Waals surface area contributed by atoms with Gasteiger partial charge in [-0.1, -0.05) is 24.3 Å². The molecule has 12 nitrogen and oxygen atoms in total. The van der Waals surface area contributed by atoms with Gasteiger partial charge in [0.15, 0.2) is 0 Å². The number of nitro benzene ring substituents is 2. The number of rotatable bonds is 8. The van der Waals surface area contributed by atoms with Crippen LogP contribution in [0.3, 0.4) is 0 Å². The molecule has 0 saturated carbocycles. The lowest BCUT2D eigenvalue weighted by Gasteiger charge is -2.00. The summed E-state index contributed by atoms with van der Waals surface area (Å²) in [7, 11) is 0. The maximum Gasteiger partial charge on any atom is 0.269 e. The Morgan fingerprint density at radius 2 is 0.906 bits per heavy atom. The highest BCUT2D eigenvalue weighted by Gasteiger charge is 2.03. The van der Waals surface area contributed by atoms with Gasteiger partial charge in [-0.05, 0) is 35.4 Å². The van der Waals surface area contributed by atoms with Gasteiger partial charge < -0.3 is 11.0 Å². The number of hydrogen-bond donors (Lipinski definition) is 2. The third kappa shape index (κ3) is 7.29. The van der Waals surface area contributed by atoms with E-state index in [4.69, 9.17) is 0 Å². The summed E-state index contributed by atoms with van der Waals surface area (Å²) in [5, 5.41) is 29.5. The molecule has 0 amide bonds. The largest absolute Gasteiger partial charge is 0.412 e. The van der Waals surface area contributed by atoms with Crippen molar-refractivity contribution >= 4 is 35.2 Å². The summed E-state index contributed by atoms with van der Waals surface area (Å²) in [6.07, 6.45) is 3.24. The van der Waals surface area contributed by atoms with Crippen molar-refractivity contribution in [3.63, 3.8) is 0 Å². The minimum atomic E-state index is -0.459. The SMILES string of the molecule is O.O.O=[N+]([O-])c1ccc(N/N=C/c2ccc(/C=N/Nc3ccc([N+](=O)[O-])cc3)cc2)cc1. The van der Waals surface area contributed by atoms with Crippen LogP contribution in [0.25, 0.3) is 0 Å². The second kappa shape index (κ2) is 12.1. The molecule has 0 aliphatic rings. The summed E-state index contributed by atoms with van der Waals surface area (Å²) in [5.41, 5.74) is 8.63. The molecule has 166 valence electrons. The molecule has 0 saturated heterocycles. The van der Waals surface area contributed by atoms with Gasteiger partial charge >= 0.3 is 0 Å². The highest BCUT2D eigenvalue weighted by atomic mass is 16.6. The van der Waals surface area contributed by atoms with E-state index < -0.39 is 9.85 Å². The topological polar surface area (TPSA) is 198 Å². The summed E-state index contributed by atoms with van der Waals surface area (Å²) >= 11 is 0. The quantitative estimate of drug-likeness (QED) is 0.306. The van der Waals surface area contributed by atoms with Crippen LogP contribution in [0.5, 0.6) is 0 Å². The minimum Gasteiger partial charge on any atom is -0.412 e. The van der Waals surface area contributed by atoms with Crippen molar-refractivity contribution < 1.29 is 20.8 Å². The molecule has 12 heteroatoms. The fourth-order valence-corrected chi connectivity index (χ4v) is 2.35. The molecule has 0 unspecified atom stereocenters. The van der Waals surface area contributed by atoms with Gasteiger partial charge in [0, 0.05) is 24.3 Å². The number of nitrogens with one attached hydrogen (secondary N) is 2. The Balaban J connectivity index is 0.00000256. The van der Waals surface area contributed by atoms with Crippen molar-refractivity contribution in [2.45, 2.75) is 0 Å². The van der Waals surface area contributed by atoms with E-state index in [2.05, 4.69) is 21.1 Å². The van der Waals surface area contributed by atoms with E-state index in [1.165, 1.54) is 24.3 Å². The van der Waals surface area contributed by atoms with E-state index in [0.717, 1.165) is 11.1 Å². The number of non-ortho nitro benzene ring substituents is 2. The fourth-order valence-electron chi connectivity index (χ4n) is 2.35. The van der Waals surface area contributed by atoms with Gasteiger partial charge in [0.05, 0.1) is 33.7 Å². The summed E-state index contributed by atoms with van der Waals surface area (Å²) in [6, 6.07) is 19.3. The van der Waals surface area contributed by atoms with Gasteiger partial charge in [0.2, 0.25) is 0 Å². The molecule has 3 aromatic rings. The number of nitrogens with zero attached hydrogens (tertiary/aromatic N) is 4. The number of hydrogen-bond acceptors (Lipinski definition) is 8. The molecule has 0 radical (unpaired) electrons. The molecular weight excluding hydrogens is 420 g/mol. The lowest BCUT2D eigenvalue weighted by atomic mass is 10.2. The van der Waals surface area contributed by atoms with Crippen molar-refractivity contribution in [3.8, 4) is 0 Å². The molecule has 0 aliphatic carbocycles. The predicted molar refractivity (Wildman–Crippen MR) is 122 cm³/mol. The normalized spacial score (nSPS) is 10.2. The molecule has 3 rings (SSSR count). The van der Waals surface area contributed by atoms with Gasteiger partial charge in [-0.3, -0.25) is 31.1 Å². The highest BCUT2D eigenvalue weighted by Crippen LogP contribution is 2.16. The first-order chi connectivity index (χ1) is 14.5. The van der Waals surface area contributed by atoms with Crippen molar-refractivity contribution in [2.24, 2.45) is 10.2 Å². The number of benzene rings is 3. The van der Waals surface area contributed by atoms with Crippen LogP contribution < -0.4 is 10.9 Å². The zero-order chi connectivity index (χ0) is 21.3. The molecule has 0 atom stereocenters. The molecule has 0 spiro atoms. The highest BCUT2D eigenvalue weighted by molar-refractivity contribution is 5.84. The van der Waals surface area contributed by atoms with Crippen LogP contribution in [0, 0.1) is 20.2 Å². The zero-order valence-electron chi connectivity index (χ0n) is 16.5. The van der Waals surface area contributed by atoms with Gasteiger partial charge in [-0.2, -0.15) is 10.2 Å². The van der Waals surface area contributed by atoms with Crippen LogP contribution in [-0.2, 0) is 0 Å². The van der Waals surface area contributed by atoms with E-state index in [-0.39, 0.29) is 22.3 Å². The van der Waals surface area contributed by atoms with E-state index >= 15 is 0 Å². The van der Waals surface area contributed by atoms with Crippen molar-refractivity contribution in [2.75, 3.05) is 10.9 Å².